The SMILES string of the molecule is C=C=C1C=Cc2nc(-c3ccc(C4(N)CC(CCC)(C5CC5)C4)cc3)c(-c3ccccc3)nc2N1C. The first kappa shape index (κ1) is 23.0. The molecule has 6 rings (SSSR count). The molecule has 4 nitrogen and oxygen atoms in total. The van der Waals surface area contributed by atoms with Gasteiger partial charge in [0.05, 0.1) is 17.1 Å². The van der Waals surface area contributed by atoms with Gasteiger partial charge in [0, 0.05) is 23.7 Å². The first-order valence-electron chi connectivity index (χ1n) is 13.2. The lowest BCUT2D eigenvalue weighted by Crippen LogP contribution is -2.56. The molecule has 1 aromatic heterocycles. The number of fused-ring (bicyclic) bond motifs is 1. The van der Waals surface area contributed by atoms with Gasteiger partial charge in [-0.05, 0) is 61.2 Å². The molecule has 0 atom stereocenters. The van der Waals surface area contributed by atoms with E-state index in [0.717, 1.165) is 58.5 Å². The highest BCUT2D eigenvalue weighted by atomic mass is 15.2. The number of hydrogen-bond acceptors (Lipinski definition) is 4. The highest BCUT2D eigenvalue weighted by molar-refractivity contribution is 5.83. The van der Waals surface area contributed by atoms with Crippen molar-refractivity contribution in [1.29, 1.82) is 0 Å². The minimum Gasteiger partial charge on any atom is -0.321 e. The Morgan fingerprint density at radius 2 is 1.64 bits per heavy atom. The maximum atomic E-state index is 6.98. The molecular weight excluding hydrogens is 440 g/mol. The predicted octanol–water partition coefficient (Wildman–Crippen LogP) is 7.09. The Morgan fingerprint density at radius 1 is 0.972 bits per heavy atom. The summed E-state index contributed by atoms with van der Waals surface area (Å²) in [7, 11) is 1.98. The van der Waals surface area contributed by atoms with Gasteiger partial charge in [0.15, 0.2) is 5.82 Å². The summed E-state index contributed by atoms with van der Waals surface area (Å²) in [6.07, 6.45) is 11.5. The molecule has 4 heteroatoms. The summed E-state index contributed by atoms with van der Waals surface area (Å²) in [4.78, 5) is 12.2. The lowest BCUT2D eigenvalue weighted by atomic mass is 9.52. The third-order valence-electron chi connectivity index (χ3n) is 8.47. The molecule has 0 bridgehead atoms. The van der Waals surface area contributed by atoms with Crippen LogP contribution in [0.2, 0.25) is 0 Å². The molecule has 0 saturated heterocycles. The van der Waals surface area contributed by atoms with Crippen molar-refractivity contribution in [2.75, 3.05) is 11.9 Å². The molecule has 0 unspecified atom stereocenters. The standard InChI is InChI=1S/C32H34N4/c1-4-19-31(24-15-16-24)20-32(33,21-31)25-13-11-23(12-14-25)28-29(22-9-7-6-8-10-22)35-30-27(34-28)18-17-26(5-2)36(30)3/h6-14,17-18,24H,2,4,15-16,19-21,33H2,1,3H3. The van der Waals surface area contributed by atoms with Crippen LogP contribution in [-0.4, -0.2) is 17.0 Å². The van der Waals surface area contributed by atoms with Gasteiger partial charge in [-0.3, -0.25) is 0 Å². The Bertz CT molecular complexity index is 1370. The van der Waals surface area contributed by atoms with E-state index in [1.54, 1.807) is 0 Å². The van der Waals surface area contributed by atoms with Gasteiger partial charge in [-0.15, -0.1) is 5.73 Å². The zero-order valence-electron chi connectivity index (χ0n) is 21.3. The molecule has 1 aliphatic heterocycles. The smallest absolute Gasteiger partial charge is 0.160 e. The van der Waals surface area contributed by atoms with E-state index in [1.807, 2.05) is 42.3 Å². The normalized spacial score (nSPS) is 24.8. The highest BCUT2D eigenvalue weighted by Crippen LogP contribution is 2.65. The van der Waals surface area contributed by atoms with Crippen molar-refractivity contribution in [3.05, 3.63) is 89.9 Å². The molecular formula is C32H34N4. The van der Waals surface area contributed by atoms with Crippen molar-refractivity contribution in [2.45, 2.75) is 51.0 Å². The molecule has 0 spiro atoms. The highest BCUT2D eigenvalue weighted by Gasteiger charge is 2.58. The number of benzene rings is 2. The summed E-state index contributed by atoms with van der Waals surface area (Å²) in [5.41, 5.74) is 17.1. The van der Waals surface area contributed by atoms with Crippen LogP contribution in [0.1, 0.15) is 56.7 Å². The van der Waals surface area contributed by atoms with Crippen molar-refractivity contribution in [1.82, 2.24) is 9.97 Å². The van der Waals surface area contributed by atoms with Gasteiger partial charge < -0.3 is 10.6 Å². The van der Waals surface area contributed by atoms with Crippen molar-refractivity contribution >= 4 is 11.9 Å². The first-order chi connectivity index (χ1) is 17.5. The predicted molar refractivity (Wildman–Crippen MR) is 148 cm³/mol. The second-order valence-corrected chi connectivity index (χ2v) is 10.9. The monoisotopic (exact) mass is 474 g/mol. The Balaban J connectivity index is 1.37. The van der Waals surface area contributed by atoms with E-state index in [-0.39, 0.29) is 5.54 Å². The maximum absolute atomic E-state index is 6.98. The summed E-state index contributed by atoms with van der Waals surface area (Å²) in [5, 5.41) is 0. The van der Waals surface area contributed by atoms with E-state index in [1.165, 1.54) is 31.2 Å². The zero-order chi connectivity index (χ0) is 24.9. The molecule has 0 radical (unpaired) electrons. The van der Waals surface area contributed by atoms with Gasteiger partial charge in [-0.2, -0.15) is 0 Å². The Kier molecular flexibility index (Phi) is 5.48. The van der Waals surface area contributed by atoms with Crippen molar-refractivity contribution in [2.24, 2.45) is 17.1 Å². The molecule has 2 aliphatic carbocycles. The molecule has 2 aromatic carbocycles. The number of likely N-dealkylation sites (N-methyl/N-ethyl adjacent to an activating group) is 1. The van der Waals surface area contributed by atoms with E-state index in [9.17, 15) is 0 Å². The number of nitrogens with zero attached hydrogens (tertiary/aromatic N) is 3. The van der Waals surface area contributed by atoms with E-state index in [4.69, 9.17) is 15.7 Å². The maximum Gasteiger partial charge on any atom is 0.160 e. The molecule has 2 saturated carbocycles. The van der Waals surface area contributed by atoms with Crippen LogP contribution < -0.4 is 10.6 Å². The van der Waals surface area contributed by atoms with Crippen LogP contribution in [0.3, 0.4) is 0 Å². The fraction of sp³-hybridized carbons (Fsp3) is 0.344. The van der Waals surface area contributed by atoms with Crippen LogP contribution in [0, 0.1) is 11.3 Å². The molecule has 36 heavy (non-hydrogen) atoms. The van der Waals surface area contributed by atoms with E-state index < -0.39 is 0 Å². The second kappa shape index (κ2) is 8.58. The Hall–Kier alpha value is -3.46. The Morgan fingerprint density at radius 3 is 2.28 bits per heavy atom. The lowest BCUT2D eigenvalue weighted by molar-refractivity contribution is -0.00647. The molecule has 2 fully saturated rings. The summed E-state index contributed by atoms with van der Waals surface area (Å²) in [5.74, 6) is 1.71. The van der Waals surface area contributed by atoms with Gasteiger partial charge in [-0.25, -0.2) is 9.97 Å². The largest absolute Gasteiger partial charge is 0.321 e. The number of anilines is 1. The van der Waals surface area contributed by atoms with Crippen LogP contribution in [0.5, 0.6) is 0 Å². The van der Waals surface area contributed by atoms with Gasteiger partial charge in [-0.1, -0.05) is 74.5 Å². The molecule has 3 aliphatic rings. The fourth-order valence-corrected chi connectivity index (χ4v) is 6.59. The number of nitrogens with two attached hydrogens (primary N) is 1. The van der Waals surface area contributed by atoms with Crippen LogP contribution in [0.15, 0.2) is 78.7 Å². The number of allylic oxidation sites excluding steroid dienone is 1. The minimum atomic E-state index is -0.209. The van der Waals surface area contributed by atoms with Crippen molar-refractivity contribution in [3.63, 3.8) is 0 Å². The van der Waals surface area contributed by atoms with Gasteiger partial charge in [0.25, 0.3) is 0 Å². The van der Waals surface area contributed by atoms with Crippen molar-refractivity contribution in [3.8, 4) is 22.5 Å². The van der Waals surface area contributed by atoms with Crippen LogP contribution in [0.25, 0.3) is 28.6 Å². The average Bonchev–Trinajstić information content (AvgIpc) is 3.74. The third-order valence-corrected chi connectivity index (χ3v) is 8.47. The summed E-state index contributed by atoms with van der Waals surface area (Å²) in [6.45, 7) is 6.12. The molecule has 182 valence electrons. The quantitative estimate of drug-likeness (QED) is 0.388. The summed E-state index contributed by atoms with van der Waals surface area (Å²) in [6, 6.07) is 19.1. The lowest BCUT2D eigenvalue weighted by Gasteiger charge is -2.56. The Labute approximate surface area is 214 Å². The average molecular weight is 475 g/mol. The van der Waals surface area contributed by atoms with Gasteiger partial charge in [0.1, 0.15) is 5.69 Å². The van der Waals surface area contributed by atoms with Crippen LogP contribution >= 0.6 is 0 Å². The molecule has 0 amide bonds. The molecule has 2 N–H and O–H groups in total. The first-order valence-corrected chi connectivity index (χ1v) is 13.2. The van der Waals surface area contributed by atoms with Gasteiger partial charge in [0.2, 0.25) is 0 Å². The van der Waals surface area contributed by atoms with Gasteiger partial charge >= 0.3 is 0 Å². The summed E-state index contributed by atoms with van der Waals surface area (Å²) >= 11 is 0. The molecule has 3 aromatic rings. The second-order valence-electron chi connectivity index (χ2n) is 10.9. The van der Waals surface area contributed by atoms with E-state index in [0.29, 0.717) is 5.41 Å². The van der Waals surface area contributed by atoms with Crippen LogP contribution in [0.4, 0.5) is 5.82 Å². The number of aromatic nitrogens is 2. The topological polar surface area (TPSA) is 55.0 Å². The van der Waals surface area contributed by atoms with E-state index >= 15 is 0 Å². The fourth-order valence-electron chi connectivity index (χ4n) is 6.59. The van der Waals surface area contributed by atoms with E-state index in [2.05, 4.69) is 55.6 Å². The van der Waals surface area contributed by atoms with Crippen LogP contribution in [-0.2, 0) is 5.54 Å². The molecule has 2 heterocycles. The minimum absolute atomic E-state index is 0.209. The number of rotatable bonds is 6. The summed E-state index contributed by atoms with van der Waals surface area (Å²) < 4.78 is 0. The number of hydrogen-bond donors (Lipinski definition) is 1. The zero-order valence-corrected chi connectivity index (χ0v) is 21.3. The third kappa shape index (κ3) is 3.73. The van der Waals surface area contributed by atoms with Crippen molar-refractivity contribution < 1.29 is 0 Å².